The van der Waals surface area contributed by atoms with E-state index < -0.39 is 15.9 Å². The van der Waals surface area contributed by atoms with Crippen LogP contribution in [0.4, 0.5) is 5.69 Å². The first-order chi connectivity index (χ1) is 14.4. The van der Waals surface area contributed by atoms with Crippen molar-refractivity contribution >= 4 is 27.5 Å². The predicted octanol–water partition coefficient (Wildman–Crippen LogP) is 1.69. The Labute approximate surface area is 175 Å². The molecule has 2 N–H and O–H groups in total. The zero-order valence-electron chi connectivity index (χ0n) is 16.6. The molecular formula is C20H25N5O4S. The highest BCUT2D eigenvalue weighted by molar-refractivity contribution is 7.89. The van der Waals surface area contributed by atoms with Gasteiger partial charge in [-0.15, -0.1) is 0 Å². The van der Waals surface area contributed by atoms with Crippen LogP contribution in [0.5, 0.6) is 0 Å². The Hall–Kier alpha value is -2.72. The highest BCUT2D eigenvalue weighted by Gasteiger charge is 2.34. The predicted molar refractivity (Wildman–Crippen MR) is 110 cm³/mol. The van der Waals surface area contributed by atoms with E-state index >= 15 is 0 Å². The quantitative estimate of drug-likeness (QED) is 0.747. The summed E-state index contributed by atoms with van der Waals surface area (Å²) >= 11 is 0. The lowest BCUT2D eigenvalue weighted by atomic mass is 9.99. The molecule has 9 nitrogen and oxygen atoms in total. The lowest BCUT2D eigenvalue weighted by Gasteiger charge is -2.30. The minimum atomic E-state index is -3.80. The molecule has 0 spiro atoms. The van der Waals surface area contributed by atoms with E-state index in [1.165, 1.54) is 16.6 Å². The van der Waals surface area contributed by atoms with Gasteiger partial charge in [0.05, 0.1) is 17.8 Å². The van der Waals surface area contributed by atoms with Gasteiger partial charge in [-0.05, 0) is 43.9 Å². The van der Waals surface area contributed by atoms with Gasteiger partial charge in [-0.2, -0.15) is 4.31 Å². The summed E-state index contributed by atoms with van der Waals surface area (Å²) in [5, 5.41) is 2.79. The Morgan fingerprint density at radius 1 is 1.17 bits per heavy atom. The lowest BCUT2D eigenvalue weighted by molar-refractivity contribution is -0.120. The molecule has 0 radical (unpaired) electrons. The lowest BCUT2D eigenvalue weighted by Crippen LogP contribution is -2.43. The summed E-state index contributed by atoms with van der Waals surface area (Å²) < 4.78 is 27.6. The number of hydrogen-bond donors (Lipinski definition) is 2. The molecule has 2 fully saturated rings. The Balaban J connectivity index is 1.45. The van der Waals surface area contributed by atoms with E-state index in [4.69, 9.17) is 0 Å². The summed E-state index contributed by atoms with van der Waals surface area (Å²) in [6.45, 7) is 1.84. The SMILES string of the molecule is O=C(Nc1cccnc1)C1CCCN(S(=O)(=O)c2c[nH]c(C(=O)N3CCCC3)c2)C1. The topological polar surface area (TPSA) is 115 Å². The highest BCUT2D eigenvalue weighted by Crippen LogP contribution is 2.25. The fourth-order valence-corrected chi connectivity index (χ4v) is 5.46. The number of carbonyl (C=O) groups is 2. The fourth-order valence-electron chi connectivity index (χ4n) is 3.94. The number of aromatic nitrogens is 2. The summed E-state index contributed by atoms with van der Waals surface area (Å²) in [5.74, 6) is -0.846. The maximum atomic E-state index is 13.1. The molecule has 10 heteroatoms. The first-order valence-corrected chi connectivity index (χ1v) is 11.6. The highest BCUT2D eigenvalue weighted by atomic mass is 32.2. The van der Waals surface area contributed by atoms with Gasteiger partial charge in [0.15, 0.2) is 0 Å². The van der Waals surface area contributed by atoms with Crippen molar-refractivity contribution in [1.82, 2.24) is 19.2 Å². The number of rotatable bonds is 5. The minimum Gasteiger partial charge on any atom is -0.356 e. The Kier molecular flexibility index (Phi) is 5.87. The van der Waals surface area contributed by atoms with E-state index in [1.54, 1.807) is 29.4 Å². The van der Waals surface area contributed by atoms with Gasteiger partial charge < -0.3 is 15.2 Å². The van der Waals surface area contributed by atoms with Crippen LogP contribution in [0.1, 0.15) is 36.2 Å². The van der Waals surface area contributed by atoms with Crippen molar-refractivity contribution in [2.45, 2.75) is 30.6 Å². The van der Waals surface area contributed by atoms with Crippen molar-refractivity contribution in [1.29, 1.82) is 0 Å². The molecule has 2 aliphatic heterocycles. The normalized spacial score (nSPS) is 20.3. The number of likely N-dealkylation sites (tertiary alicyclic amines) is 1. The first kappa shape index (κ1) is 20.5. The van der Waals surface area contributed by atoms with Crippen LogP contribution < -0.4 is 5.32 Å². The minimum absolute atomic E-state index is 0.0540. The number of nitrogens with one attached hydrogen (secondary N) is 2. The number of sulfonamides is 1. The molecule has 30 heavy (non-hydrogen) atoms. The van der Waals surface area contributed by atoms with Gasteiger partial charge in [0.1, 0.15) is 10.6 Å². The maximum absolute atomic E-state index is 13.1. The molecule has 1 atom stereocenters. The molecular weight excluding hydrogens is 406 g/mol. The molecule has 2 amide bonds. The van der Waals surface area contributed by atoms with Gasteiger partial charge in [0.2, 0.25) is 15.9 Å². The van der Waals surface area contributed by atoms with Crippen molar-refractivity contribution in [2.24, 2.45) is 5.92 Å². The average Bonchev–Trinajstić information content (AvgIpc) is 3.47. The second-order valence-electron chi connectivity index (χ2n) is 7.68. The van der Waals surface area contributed by atoms with E-state index in [1.807, 2.05) is 0 Å². The molecule has 0 bridgehead atoms. The standard InChI is InChI=1S/C20H25N5O4S/c26-19(23-16-6-3-7-21-12-16)15-5-4-10-25(14-15)30(28,29)17-11-18(22-13-17)20(27)24-8-1-2-9-24/h3,6-7,11-13,15,22H,1-2,4-5,8-10,14H2,(H,23,26). The first-order valence-electron chi connectivity index (χ1n) is 10.1. The molecule has 0 saturated carbocycles. The summed E-state index contributed by atoms with van der Waals surface area (Å²) in [6.07, 6.45) is 7.66. The van der Waals surface area contributed by atoms with Gasteiger partial charge in [-0.1, -0.05) is 0 Å². The molecule has 2 saturated heterocycles. The number of aromatic amines is 1. The van der Waals surface area contributed by atoms with Gasteiger partial charge in [0.25, 0.3) is 5.91 Å². The molecule has 1 unspecified atom stereocenters. The van der Waals surface area contributed by atoms with Crippen LogP contribution in [0.15, 0.2) is 41.7 Å². The number of hydrogen-bond acceptors (Lipinski definition) is 5. The summed E-state index contributed by atoms with van der Waals surface area (Å²) in [5.41, 5.74) is 0.858. The van der Waals surface area contributed by atoms with Crippen LogP contribution in [-0.2, 0) is 14.8 Å². The second kappa shape index (κ2) is 8.57. The van der Waals surface area contributed by atoms with Crippen LogP contribution in [0.2, 0.25) is 0 Å². The van der Waals surface area contributed by atoms with Crippen LogP contribution in [-0.4, -0.2) is 65.6 Å². The van der Waals surface area contributed by atoms with E-state index in [0.717, 1.165) is 12.8 Å². The van der Waals surface area contributed by atoms with Crippen LogP contribution in [0, 0.1) is 5.92 Å². The molecule has 4 heterocycles. The zero-order chi connectivity index (χ0) is 21.1. The molecule has 0 aromatic carbocycles. The van der Waals surface area contributed by atoms with E-state index in [0.29, 0.717) is 38.2 Å². The van der Waals surface area contributed by atoms with E-state index in [-0.39, 0.29) is 28.9 Å². The average molecular weight is 432 g/mol. The van der Waals surface area contributed by atoms with Crippen molar-refractivity contribution in [3.63, 3.8) is 0 Å². The molecule has 2 aromatic rings. The molecule has 2 aliphatic rings. The smallest absolute Gasteiger partial charge is 0.270 e. The summed E-state index contributed by atoms with van der Waals surface area (Å²) in [4.78, 5) is 33.7. The fraction of sp³-hybridized carbons (Fsp3) is 0.450. The number of anilines is 1. The largest absolute Gasteiger partial charge is 0.356 e. The van der Waals surface area contributed by atoms with Crippen LogP contribution >= 0.6 is 0 Å². The third-order valence-electron chi connectivity index (χ3n) is 5.60. The number of piperidine rings is 1. The Morgan fingerprint density at radius 2 is 1.97 bits per heavy atom. The van der Waals surface area contributed by atoms with Crippen molar-refractivity contribution in [3.8, 4) is 0 Å². The molecule has 0 aliphatic carbocycles. The number of pyridine rings is 1. The third kappa shape index (κ3) is 4.24. The van der Waals surface area contributed by atoms with Crippen molar-refractivity contribution < 1.29 is 18.0 Å². The third-order valence-corrected chi connectivity index (χ3v) is 7.44. The Bertz CT molecular complexity index is 1010. The van der Waals surface area contributed by atoms with Gasteiger partial charge in [-0.25, -0.2) is 8.42 Å². The summed E-state index contributed by atoms with van der Waals surface area (Å²) in [6, 6.07) is 4.86. The molecule has 2 aromatic heterocycles. The molecule has 4 rings (SSSR count). The molecule has 160 valence electrons. The van der Waals surface area contributed by atoms with Crippen LogP contribution in [0.3, 0.4) is 0 Å². The Morgan fingerprint density at radius 3 is 2.70 bits per heavy atom. The van der Waals surface area contributed by atoms with Gasteiger partial charge in [-0.3, -0.25) is 14.6 Å². The maximum Gasteiger partial charge on any atom is 0.270 e. The number of carbonyl (C=O) groups excluding carboxylic acids is 2. The van der Waals surface area contributed by atoms with Crippen molar-refractivity contribution in [2.75, 3.05) is 31.5 Å². The van der Waals surface area contributed by atoms with E-state index in [2.05, 4.69) is 15.3 Å². The number of amides is 2. The van der Waals surface area contributed by atoms with Crippen LogP contribution in [0.25, 0.3) is 0 Å². The zero-order valence-corrected chi connectivity index (χ0v) is 17.4. The number of nitrogens with zero attached hydrogens (tertiary/aromatic N) is 3. The van der Waals surface area contributed by atoms with Crippen molar-refractivity contribution in [3.05, 3.63) is 42.5 Å². The monoisotopic (exact) mass is 431 g/mol. The van der Waals surface area contributed by atoms with Gasteiger partial charge >= 0.3 is 0 Å². The van der Waals surface area contributed by atoms with E-state index in [9.17, 15) is 18.0 Å². The second-order valence-corrected chi connectivity index (χ2v) is 9.62. The van der Waals surface area contributed by atoms with Gasteiger partial charge in [0, 0.05) is 38.6 Å². The number of H-pyrrole nitrogens is 1. The summed E-state index contributed by atoms with van der Waals surface area (Å²) in [7, 11) is -3.80.